The summed E-state index contributed by atoms with van der Waals surface area (Å²) in [6.07, 6.45) is -1.50. The summed E-state index contributed by atoms with van der Waals surface area (Å²) < 4.78 is 32.9. The average Bonchev–Trinajstić information content (AvgIpc) is 3.15. The van der Waals surface area contributed by atoms with E-state index in [9.17, 15) is 13.6 Å². The number of carbonyl (C=O) groups is 1. The number of carboxylic acid groups (broad SMARTS) is 1. The lowest BCUT2D eigenvalue weighted by Gasteiger charge is -2.05. The Morgan fingerprint density at radius 2 is 2.04 bits per heavy atom. The largest absolute Gasteiger partial charge is 0.465 e. The molecule has 0 fully saturated rings. The Hall–Kier alpha value is -3.28. The first-order valence-electron chi connectivity index (χ1n) is 7.61. The number of nitrogen functional groups attached to an aromatic ring is 1. The molecule has 142 valence electrons. The lowest BCUT2D eigenvalue weighted by Crippen LogP contribution is -2.09. The monoisotopic (exact) mass is 396 g/mol. The zero-order valence-corrected chi connectivity index (χ0v) is 14.9. The number of rotatable bonds is 5. The number of nitrogens with two attached hydrogens (primary N) is 1. The van der Waals surface area contributed by atoms with E-state index in [1.165, 1.54) is 11.3 Å². The van der Waals surface area contributed by atoms with Gasteiger partial charge in [0.2, 0.25) is 5.82 Å². The maximum Gasteiger partial charge on any atom is 0.409 e. The molecule has 0 aliphatic carbocycles. The van der Waals surface area contributed by atoms with Crippen molar-refractivity contribution >= 4 is 34.1 Å². The molecule has 2 heterocycles. The quantitative estimate of drug-likeness (QED) is 0.513. The van der Waals surface area contributed by atoms with Gasteiger partial charge in [0.15, 0.2) is 5.13 Å². The zero-order chi connectivity index (χ0) is 19.7. The summed E-state index contributed by atoms with van der Waals surface area (Å²) in [6, 6.07) is 1.60. The Balaban J connectivity index is 1.97. The number of anilines is 3. The first-order valence-corrected chi connectivity index (χ1v) is 8.42. The van der Waals surface area contributed by atoms with Crippen LogP contribution in [0.15, 0.2) is 16.7 Å². The summed E-state index contributed by atoms with van der Waals surface area (Å²) in [7, 11) is 0. The Labute approximate surface area is 155 Å². The van der Waals surface area contributed by atoms with Crippen molar-refractivity contribution in [1.82, 2.24) is 15.1 Å². The second-order valence-electron chi connectivity index (χ2n) is 5.70. The highest BCUT2D eigenvalue weighted by Crippen LogP contribution is 2.35. The van der Waals surface area contributed by atoms with Crippen LogP contribution in [0.4, 0.5) is 30.2 Å². The zero-order valence-electron chi connectivity index (χ0n) is 14.1. The highest BCUT2D eigenvalue weighted by Gasteiger charge is 2.21. The molecule has 1 amide bonds. The molecule has 0 aliphatic rings. The topological polar surface area (TPSA) is 139 Å². The van der Waals surface area contributed by atoms with Crippen LogP contribution in [0.5, 0.6) is 0 Å². The summed E-state index contributed by atoms with van der Waals surface area (Å²) in [6.45, 7) is 3.87. The van der Waals surface area contributed by atoms with Gasteiger partial charge in [0.1, 0.15) is 22.3 Å². The van der Waals surface area contributed by atoms with E-state index in [1.807, 2.05) is 19.2 Å². The molecule has 0 saturated carbocycles. The van der Waals surface area contributed by atoms with E-state index in [0.717, 1.165) is 6.07 Å². The number of hydrogen-bond donors (Lipinski definition) is 4. The second-order valence-corrected chi connectivity index (χ2v) is 6.70. The number of nitrogens with zero attached hydrogens (tertiary/aromatic N) is 3. The maximum atomic E-state index is 14.1. The van der Waals surface area contributed by atoms with Crippen molar-refractivity contribution in [3.63, 3.8) is 0 Å². The Morgan fingerprint density at radius 1 is 1.30 bits per heavy atom. The summed E-state index contributed by atoms with van der Waals surface area (Å²) in [4.78, 5) is 19.3. The minimum atomic E-state index is -1.50. The number of aromatic nitrogens is 3. The van der Waals surface area contributed by atoms with Gasteiger partial charge >= 0.3 is 6.09 Å². The van der Waals surface area contributed by atoms with Gasteiger partial charge < -0.3 is 20.7 Å². The molecule has 27 heavy (non-hydrogen) atoms. The first kappa shape index (κ1) is 18.5. The fraction of sp³-hybridized carbons (Fsp3) is 0.200. The molecule has 12 heteroatoms. The van der Waals surface area contributed by atoms with E-state index >= 15 is 0 Å². The predicted octanol–water partition coefficient (Wildman–Crippen LogP) is 3.63. The van der Waals surface area contributed by atoms with Gasteiger partial charge in [0.05, 0.1) is 11.3 Å². The van der Waals surface area contributed by atoms with Gasteiger partial charge in [0, 0.05) is 12.1 Å². The first-order chi connectivity index (χ1) is 12.7. The molecule has 0 aliphatic heterocycles. The van der Waals surface area contributed by atoms with E-state index in [-0.39, 0.29) is 29.1 Å². The highest BCUT2D eigenvalue weighted by atomic mass is 32.1. The van der Waals surface area contributed by atoms with Gasteiger partial charge in [-0.25, -0.2) is 18.6 Å². The summed E-state index contributed by atoms with van der Waals surface area (Å²) in [5.41, 5.74) is 5.18. The highest BCUT2D eigenvalue weighted by molar-refractivity contribution is 7.19. The van der Waals surface area contributed by atoms with Crippen molar-refractivity contribution in [1.29, 1.82) is 0 Å². The third-order valence-electron chi connectivity index (χ3n) is 3.23. The van der Waals surface area contributed by atoms with Crippen LogP contribution in [-0.4, -0.2) is 32.4 Å². The van der Waals surface area contributed by atoms with Gasteiger partial charge in [-0.3, -0.25) is 5.32 Å². The van der Waals surface area contributed by atoms with Gasteiger partial charge in [-0.1, -0.05) is 16.5 Å². The SMILES string of the molecule is CC(C)Nc1nc(N)c(-c2nc(-c3cc(NC(=O)O)c(F)cc3F)no2)s1. The van der Waals surface area contributed by atoms with Crippen LogP contribution in [-0.2, 0) is 0 Å². The minimum Gasteiger partial charge on any atom is -0.465 e. The van der Waals surface area contributed by atoms with Crippen LogP contribution in [0.25, 0.3) is 22.2 Å². The molecule has 0 spiro atoms. The van der Waals surface area contributed by atoms with Crippen molar-refractivity contribution in [2.45, 2.75) is 19.9 Å². The number of thiazole rings is 1. The van der Waals surface area contributed by atoms with Gasteiger partial charge in [0.25, 0.3) is 5.89 Å². The molecular formula is C15H14F2N6O3S. The summed E-state index contributed by atoms with van der Waals surface area (Å²) in [5, 5.41) is 17.9. The fourth-order valence-electron chi connectivity index (χ4n) is 2.15. The average molecular weight is 396 g/mol. The number of nitrogens with one attached hydrogen (secondary N) is 2. The van der Waals surface area contributed by atoms with Crippen molar-refractivity contribution in [2.75, 3.05) is 16.4 Å². The van der Waals surface area contributed by atoms with Crippen LogP contribution in [0.1, 0.15) is 13.8 Å². The van der Waals surface area contributed by atoms with Crippen LogP contribution in [0, 0.1) is 11.6 Å². The number of halogens is 2. The lowest BCUT2D eigenvalue weighted by atomic mass is 10.1. The standard InChI is InChI=1S/C15H14F2N6O3S/c1-5(2)19-14-21-11(18)10(27-14)13-22-12(23-26-13)6-3-9(20-15(24)25)8(17)4-7(6)16/h3-5,20H,18H2,1-2H3,(H,19,21)(H,24,25). The second kappa shape index (κ2) is 7.15. The number of hydrogen-bond acceptors (Lipinski definition) is 8. The Morgan fingerprint density at radius 3 is 2.70 bits per heavy atom. The van der Waals surface area contributed by atoms with E-state index in [0.29, 0.717) is 16.1 Å². The van der Waals surface area contributed by atoms with Crippen LogP contribution < -0.4 is 16.4 Å². The van der Waals surface area contributed by atoms with E-state index in [1.54, 1.807) is 0 Å². The molecule has 0 radical (unpaired) electrons. The predicted molar refractivity (Wildman–Crippen MR) is 95.6 cm³/mol. The molecular weight excluding hydrogens is 382 g/mol. The molecule has 0 saturated heterocycles. The van der Waals surface area contributed by atoms with Crippen molar-refractivity contribution in [3.8, 4) is 22.2 Å². The summed E-state index contributed by atoms with van der Waals surface area (Å²) >= 11 is 1.18. The molecule has 2 aromatic heterocycles. The van der Waals surface area contributed by atoms with Gasteiger partial charge in [-0.15, -0.1) is 0 Å². The van der Waals surface area contributed by atoms with Crippen molar-refractivity contribution < 1.29 is 23.2 Å². The Bertz CT molecular complexity index is 1000. The van der Waals surface area contributed by atoms with Gasteiger partial charge in [-0.05, 0) is 19.9 Å². The van der Waals surface area contributed by atoms with Crippen LogP contribution >= 0.6 is 11.3 Å². The van der Waals surface area contributed by atoms with E-state index < -0.39 is 23.4 Å². The maximum absolute atomic E-state index is 14.1. The summed E-state index contributed by atoms with van der Waals surface area (Å²) in [5.74, 6) is -2.07. The minimum absolute atomic E-state index is 0.00766. The molecule has 0 unspecified atom stereocenters. The third kappa shape index (κ3) is 3.95. The molecule has 5 N–H and O–H groups in total. The van der Waals surface area contributed by atoms with Crippen molar-refractivity contribution in [3.05, 3.63) is 23.8 Å². The van der Waals surface area contributed by atoms with Crippen LogP contribution in [0.3, 0.4) is 0 Å². The van der Waals surface area contributed by atoms with E-state index in [2.05, 4.69) is 20.4 Å². The molecule has 3 rings (SSSR count). The number of amides is 1. The molecule has 3 aromatic rings. The van der Waals surface area contributed by atoms with Crippen LogP contribution in [0.2, 0.25) is 0 Å². The van der Waals surface area contributed by atoms with Crippen molar-refractivity contribution in [2.24, 2.45) is 0 Å². The number of benzene rings is 1. The lowest BCUT2D eigenvalue weighted by molar-refractivity contribution is 0.209. The normalized spacial score (nSPS) is 11.0. The Kier molecular flexibility index (Phi) is 4.90. The fourth-order valence-corrected chi connectivity index (χ4v) is 3.10. The van der Waals surface area contributed by atoms with E-state index in [4.69, 9.17) is 15.4 Å². The molecule has 0 atom stereocenters. The molecule has 9 nitrogen and oxygen atoms in total. The van der Waals surface area contributed by atoms with Gasteiger partial charge in [-0.2, -0.15) is 4.98 Å². The third-order valence-corrected chi connectivity index (χ3v) is 4.22. The molecule has 1 aromatic carbocycles. The smallest absolute Gasteiger partial charge is 0.409 e. The molecule has 0 bridgehead atoms.